The molecule has 2 heterocycles. The molecule has 0 fully saturated rings. The zero-order valence-corrected chi connectivity index (χ0v) is 11.9. The van der Waals surface area contributed by atoms with Crippen LogP contribution in [0.15, 0.2) is 29.6 Å². The fourth-order valence-electron chi connectivity index (χ4n) is 2.67. The molecule has 0 bridgehead atoms. The summed E-state index contributed by atoms with van der Waals surface area (Å²) in [6.45, 7) is 3.34. The molecule has 1 aliphatic heterocycles. The first kappa shape index (κ1) is 12.6. The first-order valence-corrected chi connectivity index (χ1v) is 7.41. The molecule has 1 aromatic heterocycles. The molecule has 1 aliphatic rings. The van der Waals surface area contributed by atoms with Crippen LogP contribution in [0.2, 0.25) is 0 Å². The summed E-state index contributed by atoms with van der Waals surface area (Å²) in [5.41, 5.74) is 8.42. The van der Waals surface area contributed by atoms with Crippen LogP contribution in [-0.4, -0.2) is 18.1 Å². The first-order valence-electron chi connectivity index (χ1n) is 6.53. The van der Waals surface area contributed by atoms with Gasteiger partial charge in [-0.3, -0.25) is 0 Å². The number of rotatable bonds is 3. The topological polar surface area (TPSA) is 48.1 Å². The Labute approximate surface area is 117 Å². The number of aryl methyl sites for hydroxylation is 1. The summed E-state index contributed by atoms with van der Waals surface area (Å²) in [6.07, 6.45) is 1.86. The lowest BCUT2D eigenvalue weighted by molar-refractivity contribution is 0.125. The molecule has 3 rings (SSSR count). The highest BCUT2D eigenvalue weighted by Crippen LogP contribution is 2.36. The van der Waals surface area contributed by atoms with E-state index in [0.29, 0.717) is 13.2 Å². The molecule has 0 saturated carbocycles. The molecular weight excluding hydrogens is 256 g/mol. The zero-order valence-electron chi connectivity index (χ0n) is 11.1. The van der Waals surface area contributed by atoms with Gasteiger partial charge in [-0.1, -0.05) is 18.2 Å². The third kappa shape index (κ3) is 2.51. The van der Waals surface area contributed by atoms with Crippen LogP contribution in [-0.2, 0) is 12.8 Å². The largest absolute Gasteiger partial charge is 0.493 e. The highest BCUT2D eigenvalue weighted by Gasteiger charge is 2.35. The van der Waals surface area contributed by atoms with Crippen LogP contribution >= 0.6 is 11.3 Å². The Morgan fingerprint density at radius 1 is 1.42 bits per heavy atom. The van der Waals surface area contributed by atoms with Crippen molar-refractivity contribution in [2.24, 2.45) is 11.1 Å². The predicted molar refractivity (Wildman–Crippen MR) is 77.7 cm³/mol. The molecule has 0 amide bonds. The highest BCUT2D eigenvalue weighted by atomic mass is 32.1. The fraction of sp³-hybridized carbons (Fsp3) is 0.400. The van der Waals surface area contributed by atoms with Gasteiger partial charge in [-0.15, -0.1) is 11.3 Å². The van der Waals surface area contributed by atoms with Crippen molar-refractivity contribution in [3.8, 4) is 5.75 Å². The van der Waals surface area contributed by atoms with E-state index in [0.717, 1.165) is 29.3 Å². The van der Waals surface area contributed by atoms with Crippen molar-refractivity contribution >= 4 is 11.3 Å². The van der Waals surface area contributed by atoms with Crippen LogP contribution in [0.5, 0.6) is 5.75 Å². The number of hydrogen-bond acceptors (Lipinski definition) is 4. The van der Waals surface area contributed by atoms with Gasteiger partial charge in [0.1, 0.15) is 5.75 Å². The van der Waals surface area contributed by atoms with Gasteiger partial charge in [-0.2, -0.15) is 0 Å². The van der Waals surface area contributed by atoms with Crippen LogP contribution < -0.4 is 10.5 Å². The maximum Gasteiger partial charge on any atom is 0.122 e. The van der Waals surface area contributed by atoms with Gasteiger partial charge >= 0.3 is 0 Å². The first-order chi connectivity index (χ1) is 9.21. The average Bonchev–Trinajstić information content (AvgIpc) is 2.84. The van der Waals surface area contributed by atoms with Crippen LogP contribution in [0, 0.1) is 12.3 Å². The second kappa shape index (κ2) is 4.94. The Hall–Kier alpha value is -1.39. The molecule has 100 valence electrons. The number of fused-ring (bicyclic) bond motifs is 1. The number of hydrogen-bond donors (Lipinski definition) is 1. The number of benzene rings is 1. The van der Waals surface area contributed by atoms with E-state index in [4.69, 9.17) is 10.5 Å². The SMILES string of the molecule is Cc1nc(CC2(CN)COc3ccccc3C2)cs1. The summed E-state index contributed by atoms with van der Waals surface area (Å²) >= 11 is 1.70. The van der Waals surface area contributed by atoms with Crippen molar-refractivity contribution in [1.29, 1.82) is 0 Å². The van der Waals surface area contributed by atoms with Crippen molar-refractivity contribution in [3.63, 3.8) is 0 Å². The summed E-state index contributed by atoms with van der Waals surface area (Å²) in [5.74, 6) is 1.00. The monoisotopic (exact) mass is 274 g/mol. The maximum atomic E-state index is 6.05. The number of nitrogens with zero attached hydrogens (tertiary/aromatic N) is 1. The lowest BCUT2D eigenvalue weighted by Gasteiger charge is -2.36. The van der Waals surface area contributed by atoms with E-state index in [2.05, 4.69) is 22.5 Å². The van der Waals surface area contributed by atoms with Crippen molar-refractivity contribution in [2.45, 2.75) is 19.8 Å². The van der Waals surface area contributed by atoms with Gasteiger partial charge in [-0.05, 0) is 25.0 Å². The summed E-state index contributed by atoms with van der Waals surface area (Å²) in [4.78, 5) is 4.56. The molecular formula is C15H18N2OS. The molecule has 2 N–H and O–H groups in total. The number of thiazole rings is 1. The molecule has 3 nitrogen and oxygen atoms in total. The van der Waals surface area contributed by atoms with E-state index in [-0.39, 0.29) is 5.41 Å². The highest BCUT2D eigenvalue weighted by molar-refractivity contribution is 7.09. The normalized spacial score (nSPS) is 21.8. The molecule has 0 saturated heterocycles. The van der Waals surface area contributed by atoms with Gasteiger partial charge in [0.25, 0.3) is 0 Å². The van der Waals surface area contributed by atoms with E-state index in [1.807, 2.05) is 19.1 Å². The van der Waals surface area contributed by atoms with E-state index >= 15 is 0 Å². The second-order valence-corrected chi connectivity index (χ2v) is 6.37. The predicted octanol–water partition coefficient (Wildman–Crippen LogP) is 2.57. The Morgan fingerprint density at radius 3 is 3.00 bits per heavy atom. The molecule has 0 spiro atoms. The third-order valence-electron chi connectivity index (χ3n) is 3.73. The van der Waals surface area contributed by atoms with E-state index < -0.39 is 0 Å². The molecule has 19 heavy (non-hydrogen) atoms. The van der Waals surface area contributed by atoms with Gasteiger partial charge in [0.2, 0.25) is 0 Å². The minimum absolute atomic E-state index is 0.0190. The van der Waals surface area contributed by atoms with Crippen LogP contribution in [0.1, 0.15) is 16.3 Å². The average molecular weight is 274 g/mol. The van der Waals surface area contributed by atoms with Crippen molar-refractivity contribution in [2.75, 3.05) is 13.2 Å². The lowest BCUT2D eigenvalue weighted by Crippen LogP contribution is -2.43. The van der Waals surface area contributed by atoms with Gasteiger partial charge < -0.3 is 10.5 Å². The van der Waals surface area contributed by atoms with Crippen molar-refractivity contribution in [1.82, 2.24) is 4.98 Å². The number of nitrogens with two attached hydrogens (primary N) is 1. The van der Waals surface area contributed by atoms with Crippen molar-refractivity contribution in [3.05, 3.63) is 45.9 Å². The third-order valence-corrected chi connectivity index (χ3v) is 4.55. The van der Waals surface area contributed by atoms with E-state index in [9.17, 15) is 0 Å². The van der Waals surface area contributed by atoms with Gasteiger partial charge in [0.15, 0.2) is 0 Å². The van der Waals surface area contributed by atoms with Crippen LogP contribution in [0.25, 0.3) is 0 Å². The molecule has 1 aromatic carbocycles. The van der Waals surface area contributed by atoms with E-state index in [1.54, 1.807) is 11.3 Å². The minimum Gasteiger partial charge on any atom is -0.493 e. The zero-order chi connectivity index (χ0) is 13.3. The van der Waals surface area contributed by atoms with Gasteiger partial charge in [0.05, 0.1) is 17.3 Å². The van der Waals surface area contributed by atoms with Gasteiger partial charge in [-0.25, -0.2) is 4.98 Å². The molecule has 1 atom stereocenters. The standard InChI is InChI=1S/C15H18N2OS/c1-11-17-13(8-19-11)7-15(9-16)6-12-4-2-3-5-14(12)18-10-15/h2-5,8H,6-7,9-10,16H2,1H3. The number of para-hydroxylation sites is 1. The molecule has 0 aliphatic carbocycles. The molecule has 2 aromatic rings. The molecule has 1 unspecified atom stereocenters. The Morgan fingerprint density at radius 2 is 2.26 bits per heavy atom. The van der Waals surface area contributed by atoms with Crippen molar-refractivity contribution < 1.29 is 4.74 Å². The molecule has 0 radical (unpaired) electrons. The fourth-order valence-corrected chi connectivity index (χ4v) is 3.28. The van der Waals surface area contributed by atoms with Crippen LogP contribution in [0.3, 0.4) is 0 Å². The summed E-state index contributed by atoms with van der Waals surface area (Å²) in [6, 6.07) is 8.23. The molecule has 4 heteroatoms. The lowest BCUT2D eigenvalue weighted by atomic mass is 9.77. The summed E-state index contributed by atoms with van der Waals surface area (Å²) < 4.78 is 5.90. The smallest absolute Gasteiger partial charge is 0.122 e. The van der Waals surface area contributed by atoms with Gasteiger partial charge in [0, 0.05) is 23.8 Å². The van der Waals surface area contributed by atoms with E-state index in [1.165, 1.54) is 5.56 Å². The number of ether oxygens (including phenoxy) is 1. The Kier molecular flexibility index (Phi) is 3.29. The summed E-state index contributed by atoms with van der Waals surface area (Å²) in [5, 5.41) is 3.24. The maximum absolute atomic E-state index is 6.05. The van der Waals surface area contributed by atoms with Crippen LogP contribution in [0.4, 0.5) is 0 Å². The minimum atomic E-state index is -0.0190. The summed E-state index contributed by atoms with van der Waals surface area (Å²) in [7, 11) is 0. The Balaban J connectivity index is 1.85. The number of aromatic nitrogens is 1. The Bertz CT molecular complexity index is 581. The quantitative estimate of drug-likeness (QED) is 0.936. The second-order valence-electron chi connectivity index (χ2n) is 5.31.